The van der Waals surface area contributed by atoms with Gasteiger partial charge in [0.05, 0.1) is 16.0 Å². The van der Waals surface area contributed by atoms with Gasteiger partial charge < -0.3 is 14.8 Å². The highest BCUT2D eigenvalue weighted by molar-refractivity contribution is 9.10. The molecule has 0 heterocycles. The number of carbonyl (C=O) groups is 1. The highest BCUT2D eigenvalue weighted by Gasteiger charge is 2.19. The molecule has 0 aliphatic rings. The van der Waals surface area contributed by atoms with E-state index < -0.39 is 10.8 Å². The van der Waals surface area contributed by atoms with Gasteiger partial charge in [-0.25, -0.2) is 4.39 Å². The maximum absolute atomic E-state index is 13.2. The molecule has 0 atom stereocenters. The standard InChI is InChI=1S/C26H21BrFN3O5/c1-3-35-24-13-18(12-21(27)25(24)36-15-17-5-7-20(28)8-6-17)11-19(14-29)26(32)30-22-9-4-16(2)10-23(22)31(33)34/h4-13H,3,15H2,1-2H3,(H,30,32)/b19-11+. The van der Waals surface area contributed by atoms with Crippen molar-refractivity contribution in [2.24, 2.45) is 0 Å². The Morgan fingerprint density at radius 3 is 2.56 bits per heavy atom. The van der Waals surface area contributed by atoms with Gasteiger partial charge in [0.25, 0.3) is 11.6 Å². The van der Waals surface area contributed by atoms with Crippen LogP contribution >= 0.6 is 15.9 Å². The van der Waals surface area contributed by atoms with Crippen molar-refractivity contribution in [1.82, 2.24) is 0 Å². The summed E-state index contributed by atoms with van der Waals surface area (Å²) in [5.74, 6) is -0.376. The van der Waals surface area contributed by atoms with E-state index in [1.54, 1.807) is 44.2 Å². The van der Waals surface area contributed by atoms with E-state index >= 15 is 0 Å². The van der Waals surface area contributed by atoms with Gasteiger partial charge in [0.2, 0.25) is 0 Å². The SMILES string of the molecule is CCOc1cc(/C=C(\C#N)C(=O)Nc2ccc(C)cc2[N+](=O)[O-])cc(Br)c1OCc1ccc(F)cc1. The number of halogens is 2. The molecule has 36 heavy (non-hydrogen) atoms. The van der Waals surface area contributed by atoms with Crippen LogP contribution in [0.4, 0.5) is 15.8 Å². The molecule has 8 nitrogen and oxygen atoms in total. The molecule has 0 aliphatic carbocycles. The van der Waals surface area contributed by atoms with E-state index in [1.165, 1.54) is 30.3 Å². The number of hydrogen-bond donors (Lipinski definition) is 1. The Morgan fingerprint density at radius 1 is 1.19 bits per heavy atom. The van der Waals surface area contributed by atoms with Crippen LogP contribution < -0.4 is 14.8 Å². The maximum Gasteiger partial charge on any atom is 0.293 e. The third-order valence-electron chi connectivity index (χ3n) is 4.90. The first kappa shape index (κ1) is 26.4. The molecule has 3 rings (SSSR count). The monoisotopic (exact) mass is 553 g/mol. The lowest BCUT2D eigenvalue weighted by molar-refractivity contribution is -0.384. The smallest absolute Gasteiger partial charge is 0.293 e. The quantitative estimate of drug-likeness (QED) is 0.143. The van der Waals surface area contributed by atoms with Crippen LogP contribution in [0.15, 0.2) is 64.6 Å². The molecule has 0 aromatic heterocycles. The summed E-state index contributed by atoms with van der Waals surface area (Å²) in [4.78, 5) is 23.5. The molecule has 10 heteroatoms. The van der Waals surface area contributed by atoms with E-state index in [2.05, 4.69) is 21.2 Å². The number of rotatable bonds is 9. The fourth-order valence-corrected chi connectivity index (χ4v) is 3.79. The van der Waals surface area contributed by atoms with Crippen molar-refractivity contribution in [2.45, 2.75) is 20.5 Å². The molecule has 0 bridgehead atoms. The molecule has 0 aliphatic heterocycles. The number of nitro groups is 1. The molecular formula is C26H21BrFN3O5. The third kappa shape index (κ3) is 6.67. The number of aryl methyl sites for hydroxylation is 1. The molecule has 3 aromatic carbocycles. The van der Waals surface area contributed by atoms with Crippen LogP contribution in [0.25, 0.3) is 6.08 Å². The minimum Gasteiger partial charge on any atom is -0.490 e. The van der Waals surface area contributed by atoms with Gasteiger partial charge in [0.15, 0.2) is 11.5 Å². The fraction of sp³-hybridized carbons (Fsp3) is 0.154. The van der Waals surface area contributed by atoms with Crippen molar-refractivity contribution in [3.05, 3.63) is 97.3 Å². The maximum atomic E-state index is 13.2. The Hall–Kier alpha value is -4.23. The van der Waals surface area contributed by atoms with Gasteiger partial charge in [-0.3, -0.25) is 14.9 Å². The zero-order chi connectivity index (χ0) is 26.2. The van der Waals surface area contributed by atoms with Gasteiger partial charge in [0, 0.05) is 6.07 Å². The Kier molecular flexibility index (Phi) is 8.76. The number of nitro benzene ring substituents is 1. The molecule has 0 spiro atoms. The van der Waals surface area contributed by atoms with Crippen LogP contribution in [0, 0.1) is 34.2 Å². The minimum absolute atomic E-state index is 0.0162. The number of hydrogen-bond acceptors (Lipinski definition) is 6. The van der Waals surface area contributed by atoms with Gasteiger partial charge in [-0.15, -0.1) is 0 Å². The average molecular weight is 554 g/mol. The summed E-state index contributed by atoms with van der Waals surface area (Å²) in [6.07, 6.45) is 1.34. The predicted molar refractivity (Wildman–Crippen MR) is 136 cm³/mol. The number of nitriles is 1. The molecule has 0 radical (unpaired) electrons. The van der Waals surface area contributed by atoms with Gasteiger partial charge in [0.1, 0.15) is 29.8 Å². The summed E-state index contributed by atoms with van der Waals surface area (Å²) >= 11 is 3.44. The first-order valence-electron chi connectivity index (χ1n) is 10.7. The number of nitrogens with zero attached hydrogens (tertiary/aromatic N) is 2. The summed E-state index contributed by atoms with van der Waals surface area (Å²) in [7, 11) is 0. The number of amides is 1. The van der Waals surface area contributed by atoms with Crippen LogP contribution in [0.3, 0.4) is 0 Å². The van der Waals surface area contributed by atoms with Gasteiger partial charge in [-0.1, -0.05) is 18.2 Å². The van der Waals surface area contributed by atoms with Crippen LogP contribution in [0.5, 0.6) is 11.5 Å². The summed E-state index contributed by atoms with van der Waals surface area (Å²) < 4.78 is 25.2. The van der Waals surface area contributed by atoms with E-state index in [0.29, 0.717) is 33.7 Å². The second-order valence-electron chi connectivity index (χ2n) is 7.58. The minimum atomic E-state index is -0.796. The molecule has 0 saturated carbocycles. The lowest BCUT2D eigenvalue weighted by Gasteiger charge is -2.15. The summed E-state index contributed by atoms with van der Waals surface area (Å²) in [5, 5.41) is 23.4. The normalized spacial score (nSPS) is 10.9. The highest BCUT2D eigenvalue weighted by atomic mass is 79.9. The van der Waals surface area contributed by atoms with Crippen LogP contribution in [-0.2, 0) is 11.4 Å². The number of benzene rings is 3. The van der Waals surface area contributed by atoms with Crippen molar-refractivity contribution >= 4 is 39.3 Å². The lowest BCUT2D eigenvalue weighted by atomic mass is 10.1. The predicted octanol–water partition coefficient (Wildman–Crippen LogP) is 6.33. The molecule has 1 N–H and O–H groups in total. The van der Waals surface area contributed by atoms with E-state index in [-0.39, 0.29) is 29.4 Å². The molecule has 0 saturated heterocycles. The fourth-order valence-electron chi connectivity index (χ4n) is 3.21. The van der Waals surface area contributed by atoms with Crippen molar-refractivity contribution in [2.75, 3.05) is 11.9 Å². The molecule has 0 fully saturated rings. The summed E-state index contributed by atoms with van der Waals surface area (Å²) in [6, 6.07) is 15.3. The Morgan fingerprint density at radius 2 is 1.92 bits per heavy atom. The zero-order valence-electron chi connectivity index (χ0n) is 19.4. The van der Waals surface area contributed by atoms with Crippen molar-refractivity contribution in [3.8, 4) is 17.6 Å². The lowest BCUT2D eigenvalue weighted by Crippen LogP contribution is -2.14. The van der Waals surface area contributed by atoms with Gasteiger partial charge in [-0.05, 0) is 82.9 Å². The molecule has 0 unspecified atom stereocenters. The summed E-state index contributed by atoms with van der Waals surface area (Å²) in [6.45, 7) is 3.98. The summed E-state index contributed by atoms with van der Waals surface area (Å²) in [5.41, 5.74) is 1.32. The molecular weight excluding hydrogens is 533 g/mol. The van der Waals surface area contributed by atoms with E-state index in [4.69, 9.17) is 9.47 Å². The molecule has 3 aromatic rings. The second kappa shape index (κ2) is 12.0. The van der Waals surface area contributed by atoms with Crippen molar-refractivity contribution in [1.29, 1.82) is 5.26 Å². The highest BCUT2D eigenvalue weighted by Crippen LogP contribution is 2.38. The zero-order valence-corrected chi connectivity index (χ0v) is 21.0. The van der Waals surface area contributed by atoms with Crippen LogP contribution in [0.1, 0.15) is 23.6 Å². The topological polar surface area (TPSA) is 114 Å². The average Bonchev–Trinajstić information content (AvgIpc) is 2.84. The first-order chi connectivity index (χ1) is 17.2. The van der Waals surface area contributed by atoms with E-state index in [9.17, 15) is 24.6 Å². The Balaban J connectivity index is 1.87. The number of ether oxygens (including phenoxy) is 2. The molecule has 1 amide bonds. The van der Waals surface area contributed by atoms with E-state index in [0.717, 1.165) is 5.56 Å². The third-order valence-corrected chi connectivity index (χ3v) is 5.49. The van der Waals surface area contributed by atoms with Crippen molar-refractivity contribution in [3.63, 3.8) is 0 Å². The number of nitrogens with one attached hydrogen (secondary N) is 1. The number of carbonyl (C=O) groups excluding carboxylic acids is 1. The van der Waals surface area contributed by atoms with Gasteiger partial charge in [-0.2, -0.15) is 5.26 Å². The Labute approximate surface area is 215 Å². The second-order valence-corrected chi connectivity index (χ2v) is 8.43. The van der Waals surface area contributed by atoms with Crippen LogP contribution in [-0.4, -0.2) is 17.4 Å². The largest absolute Gasteiger partial charge is 0.490 e. The van der Waals surface area contributed by atoms with Crippen LogP contribution in [0.2, 0.25) is 0 Å². The van der Waals surface area contributed by atoms with Crippen molar-refractivity contribution < 1.29 is 23.6 Å². The molecule has 184 valence electrons. The van der Waals surface area contributed by atoms with E-state index in [1.807, 2.05) is 6.07 Å². The first-order valence-corrected chi connectivity index (χ1v) is 11.5. The number of anilines is 1. The Bertz CT molecular complexity index is 1370. The van der Waals surface area contributed by atoms with Gasteiger partial charge >= 0.3 is 0 Å².